The molecule has 1 aliphatic rings. The van der Waals surface area contributed by atoms with E-state index >= 15 is 0 Å². The maximum atomic E-state index is 14.2. The molecule has 32 heavy (non-hydrogen) atoms. The van der Waals surface area contributed by atoms with Gasteiger partial charge in [0.2, 0.25) is 0 Å². The van der Waals surface area contributed by atoms with Crippen molar-refractivity contribution in [3.8, 4) is 0 Å². The van der Waals surface area contributed by atoms with Gasteiger partial charge in [0.15, 0.2) is 5.76 Å². The number of fused-ring (bicyclic) bond motifs is 1. The minimum absolute atomic E-state index is 0.252. The second-order valence-electron chi connectivity index (χ2n) is 7.73. The predicted molar refractivity (Wildman–Crippen MR) is 124 cm³/mol. The summed E-state index contributed by atoms with van der Waals surface area (Å²) in [5, 5.41) is 7.29. The Bertz CT molecular complexity index is 1220. The van der Waals surface area contributed by atoms with E-state index in [1.807, 2.05) is 24.3 Å². The molecule has 5 nitrogen and oxygen atoms in total. The van der Waals surface area contributed by atoms with E-state index in [1.165, 1.54) is 28.8 Å². The average Bonchev–Trinajstić information content (AvgIpc) is 3.46. The highest BCUT2D eigenvalue weighted by Crippen LogP contribution is 2.44. The highest BCUT2D eigenvalue weighted by atomic mass is 32.1. The Morgan fingerprint density at radius 1 is 1.09 bits per heavy atom. The molecule has 0 fully saturated rings. The summed E-state index contributed by atoms with van der Waals surface area (Å²) in [5.41, 5.74) is 2.98. The molecular formula is C25H22FN3O2S. The number of carbonyl (C=O) groups excluding carboxylic acids is 1. The molecule has 2 N–H and O–H groups in total. The van der Waals surface area contributed by atoms with E-state index in [4.69, 9.17) is 4.42 Å². The van der Waals surface area contributed by atoms with Gasteiger partial charge in [0.05, 0.1) is 12.3 Å². The SMILES string of the molecule is O=C(Nc1sc2c(c1[C@@H](Nc1ccccn1)c1cccc(F)c1)CCCC2)c1ccco1. The first kappa shape index (κ1) is 20.5. The topological polar surface area (TPSA) is 67.2 Å². The third-order valence-corrected chi connectivity index (χ3v) is 6.84. The number of amides is 1. The molecule has 7 heteroatoms. The summed E-state index contributed by atoms with van der Waals surface area (Å²) in [4.78, 5) is 18.5. The molecule has 0 bridgehead atoms. The lowest BCUT2D eigenvalue weighted by Gasteiger charge is -2.24. The molecule has 1 aliphatic carbocycles. The number of nitrogens with one attached hydrogen (secondary N) is 2. The molecule has 0 radical (unpaired) electrons. The van der Waals surface area contributed by atoms with Gasteiger partial charge in [-0.05, 0) is 73.2 Å². The summed E-state index contributed by atoms with van der Waals surface area (Å²) in [6.07, 6.45) is 7.30. The van der Waals surface area contributed by atoms with E-state index in [1.54, 1.807) is 35.7 Å². The van der Waals surface area contributed by atoms with Crippen LogP contribution in [0.3, 0.4) is 0 Å². The number of carbonyl (C=O) groups is 1. The molecule has 0 spiro atoms. The van der Waals surface area contributed by atoms with Gasteiger partial charge in [-0.25, -0.2) is 9.37 Å². The van der Waals surface area contributed by atoms with Crippen molar-refractivity contribution in [3.05, 3.63) is 100 Å². The number of rotatable bonds is 6. The molecule has 3 heterocycles. The zero-order chi connectivity index (χ0) is 21.9. The van der Waals surface area contributed by atoms with Crippen LogP contribution in [0.5, 0.6) is 0 Å². The molecule has 0 saturated carbocycles. The van der Waals surface area contributed by atoms with Crippen LogP contribution in [-0.4, -0.2) is 10.9 Å². The van der Waals surface area contributed by atoms with Crippen LogP contribution in [0, 0.1) is 5.82 Å². The molecule has 5 rings (SSSR count). The first-order valence-electron chi connectivity index (χ1n) is 10.6. The van der Waals surface area contributed by atoms with E-state index in [-0.39, 0.29) is 23.5 Å². The van der Waals surface area contributed by atoms with Gasteiger partial charge in [0.1, 0.15) is 16.6 Å². The van der Waals surface area contributed by atoms with Crippen molar-refractivity contribution in [2.45, 2.75) is 31.7 Å². The number of thiophene rings is 1. The third kappa shape index (κ3) is 4.16. The van der Waals surface area contributed by atoms with Crippen LogP contribution in [-0.2, 0) is 12.8 Å². The van der Waals surface area contributed by atoms with Crippen LogP contribution in [0.1, 0.15) is 51.0 Å². The highest BCUT2D eigenvalue weighted by Gasteiger charge is 2.29. The van der Waals surface area contributed by atoms with Crippen LogP contribution in [0.2, 0.25) is 0 Å². The van der Waals surface area contributed by atoms with E-state index < -0.39 is 0 Å². The number of nitrogens with zero attached hydrogens (tertiary/aromatic N) is 1. The zero-order valence-electron chi connectivity index (χ0n) is 17.3. The van der Waals surface area contributed by atoms with Crippen molar-refractivity contribution in [1.82, 2.24) is 4.98 Å². The van der Waals surface area contributed by atoms with Gasteiger partial charge >= 0.3 is 0 Å². The lowest BCUT2D eigenvalue weighted by atomic mass is 9.89. The van der Waals surface area contributed by atoms with Gasteiger partial charge in [0.25, 0.3) is 5.91 Å². The Labute approximate surface area is 189 Å². The van der Waals surface area contributed by atoms with Crippen LogP contribution >= 0.6 is 11.3 Å². The lowest BCUT2D eigenvalue weighted by Crippen LogP contribution is -2.19. The molecule has 4 aromatic rings. The minimum atomic E-state index is -0.370. The minimum Gasteiger partial charge on any atom is -0.459 e. The largest absolute Gasteiger partial charge is 0.459 e. The number of aromatic nitrogens is 1. The Kier molecular flexibility index (Phi) is 5.73. The van der Waals surface area contributed by atoms with Crippen LogP contribution < -0.4 is 10.6 Å². The number of benzene rings is 1. The maximum absolute atomic E-state index is 14.2. The molecule has 1 aromatic carbocycles. The van der Waals surface area contributed by atoms with Crippen molar-refractivity contribution in [2.75, 3.05) is 10.6 Å². The number of furan rings is 1. The van der Waals surface area contributed by atoms with Crippen molar-refractivity contribution >= 4 is 28.1 Å². The summed E-state index contributed by atoms with van der Waals surface area (Å²) < 4.78 is 19.5. The first-order valence-corrected chi connectivity index (χ1v) is 11.4. The van der Waals surface area contributed by atoms with Crippen molar-refractivity contribution < 1.29 is 13.6 Å². The van der Waals surface area contributed by atoms with Gasteiger partial charge in [-0.15, -0.1) is 11.3 Å². The monoisotopic (exact) mass is 447 g/mol. The Morgan fingerprint density at radius 3 is 2.78 bits per heavy atom. The van der Waals surface area contributed by atoms with Crippen molar-refractivity contribution in [3.63, 3.8) is 0 Å². The van der Waals surface area contributed by atoms with E-state index in [0.29, 0.717) is 5.82 Å². The van der Waals surface area contributed by atoms with Gasteiger partial charge in [-0.2, -0.15) is 0 Å². The predicted octanol–water partition coefficient (Wildman–Crippen LogP) is 6.21. The van der Waals surface area contributed by atoms with Crippen LogP contribution in [0.15, 0.2) is 71.5 Å². The van der Waals surface area contributed by atoms with Crippen molar-refractivity contribution in [2.24, 2.45) is 0 Å². The van der Waals surface area contributed by atoms with E-state index in [2.05, 4.69) is 15.6 Å². The summed E-state index contributed by atoms with van der Waals surface area (Å²) in [6, 6.07) is 15.2. The number of anilines is 2. The van der Waals surface area contributed by atoms with Gasteiger partial charge in [0, 0.05) is 16.6 Å². The van der Waals surface area contributed by atoms with Crippen LogP contribution in [0.25, 0.3) is 0 Å². The Hall–Kier alpha value is -3.45. The smallest absolute Gasteiger partial charge is 0.291 e. The fraction of sp³-hybridized carbons (Fsp3) is 0.200. The Balaban J connectivity index is 1.62. The number of pyridine rings is 1. The normalized spacial score (nSPS) is 13.9. The van der Waals surface area contributed by atoms with Crippen LogP contribution in [0.4, 0.5) is 15.2 Å². The quantitative estimate of drug-likeness (QED) is 0.369. The number of hydrogen-bond donors (Lipinski definition) is 2. The average molecular weight is 448 g/mol. The summed E-state index contributed by atoms with van der Waals surface area (Å²) in [6.45, 7) is 0. The fourth-order valence-corrected chi connectivity index (χ4v) is 5.49. The van der Waals surface area contributed by atoms with Gasteiger partial charge in [-0.3, -0.25) is 4.79 Å². The summed E-state index contributed by atoms with van der Waals surface area (Å²) in [5.74, 6) is 0.328. The molecule has 3 aromatic heterocycles. The fourth-order valence-electron chi connectivity index (χ4n) is 4.17. The van der Waals surface area contributed by atoms with Crippen molar-refractivity contribution in [1.29, 1.82) is 0 Å². The number of halogens is 1. The molecule has 1 amide bonds. The first-order chi connectivity index (χ1) is 15.7. The highest BCUT2D eigenvalue weighted by molar-refractivity contribution is 7.16. The maximum Gasteiger partial charge on any atom is 0.291 e. The molecule has 0 saturated heterocycles. The number of hydrogen-bond acceptors (Lipinski definition) is 5. The second-order valence-corrected chi connectivity index (χ2v) is 8.84. The van der Waals surface area contributed by atoms with E-state index in [9.17, 15) is 9.18 Å². The summed E-state index contributed by atoms with van der Waals surface area (Å²) >= 11 is 1.60. The summed E-state index contributed by atoms with van der Waals surface area (Å²) in [7, 11) is 0. The molecule has 162 valence electrons. The number of aryl methyl sites for hydroxylation is 1. The third-order valence-electron chi connectivity index (χ3n) is 5.61. The molecule has 0 aliphatic heterocycles. The molecule has 0 unspecified atom stereocenters. The zero-order valence-corrected chi connectivity index (χ0v) is 18.1. The molecular weight excluding hydrogens is 425 g/mol. The lowest BCUT2D eigenvalue weighted by molar-refractivity contribution is 0.0997. The van der Waals surface area contributed by atoms with Gasteiger partial charge in [-0.1, -0.05) is 18.2 Å². The molecule has 1 atom stereocenters. The Morgan fingerprint density at radius 2 is 2.00 bits per heavy atom. The second kappa shape index (κ2) is 8.96. The van der Waals surface area contributed by atoms with E-state index in [0.717, 1.165) is 41.8 Å². The standard InChI is InChI=1S/C25H22FN3O2S/c26-17-8-5-7-16(15-17)23(28-21-12-3-4-13-27-21)22-18-9-1-2-11-20(18)32-25(22)29-24(30)19-10-6-14-31-19/h3-8,10,12-15,23H,1-2,9,11H2,(H,27,28)(H,29,30)/t23-/m0/s1. The van der Waals surface area contributed by atoms with Gasteiger partial charge < -0.3 is 15.1 Å².